The number of thioether (sulfide) groups is 1. The molecule has 0 unspecified atom stereocenters. The SMILES string of the molecule is CC/C=C(/C)C(=O)N1CSC[C@H]1C(=O)NCc1nnc(C(C)C)s1. The maximum absolute atomic E-state index is 12.5. The maximum Gasteiger partial charge on any atom is 0.250 e. The van der Waals surface area contributed by atoms with Crippen molar-refractivity contribution in [3.8, 4) is 0 Å². The molecule has 1 atom stereocenters. The molecule has 1 N–H and O–H groups in total. The molecule has 0 aliphatic carbocycles. The molecule has 0 spiro atoms. The summed E-state index contributed by atoms with van der Waals surface area (Å²) >= 11 is 3.12. The molecule has 2 rings (SSSR count). The Kier molecular flexibility index (Phi) is 6.79. The fourth-order valence-electron chi connectivity index (χ4n) is 2.33. The van der Waals surface area contributed by atoms with Gasteiger partial charge in [-0.1, -0.05) is 38.2 Å². The van der Waals surface area contributed by atoms with Crippen molar-refractivity contribution in [3.05, 3.63) is 21.7 Å². The summed E-state index contributed by atoms with van der Waals surface area (Å²) in [7, 11) is 0. The lowest BCUT2D eigenvalue weighted by Gasteiger charge is -2.23. The van der Waals surface area contributed by atoms with Gasteiger partial charge in [0, 0.05) is 17.2 Å². The van der Waals surface area contributed by atoms with Crippen LogP contribution < -0.4 is 5.32 Å². The molecule has 132 valence electrons. The van der Waals surface area contributed by atoms with Gasteiger partial charge in [0.25, 0.3) is 5.91 Å². The van der Waals surface area contributed by atoms with Crippen molar-refractivity contribution in [3.63, 3.8) is 0 Å². The standard InChI is InChI=1S/C16H24N4O2S2/c1-5-6-11(4)16(22)20-9-23-8-12(20)14(21)17-7-13-18-19-15(24-13)10(2)3/h6,10,12H,5,7-9H2,1-4H3,(H,17,21)/b11-6-/t12-/m0/s1. The van der Waals surface area contributed by atoms with Crippen LogP contribution in [0.1, 0.15) is 50.0 Å². The summed E-state index contributed by atoms with van der Waals surface area (Å²) in [5, 5.41) is 12.9. The third kappa shape index (κ3) is 4.57. The zero-order chi connectivity index (χ0) is 17.7. The number of carbonyl (C=O) groups excluding carboxylic acids is 2. The third-order valence-electron chi connectivity index (χ3n) is 3.68. The molecule has 2 heterocycles. The number of aromatic nitrogens is 2. The van der Waals surface area contributed by atoms with Crippen LogP contribution in [0.15, 0.2) is 11.6 Å². The van der Waals surface area contributed by atoms with Gasteiger partial charge in [0.2, 0.25) is 5.91 Å². The topological polar surface area (TPSA) is 75.2 Å². The zero-order valence-corrected chi connectivity index (χ0v) is 16.2. The predicted octanol–water partition coefficient (Wildman–Crippen LogP) is 2.54. The van der Waals surface area contributed by atoms with Crippen molar-refractivity contribution in [2.24, 2.45) is 0 Å². The Morgan fingerprint density at radius 2 is 2.17 bits per heavy atom. The normalized spacial score (nSPS) is 18.3. The van der Waals surface area contributed by atoms with E-state index < -0.39 is 6.04 Å². The smallest absolute Gasteiger partial charge is 0.250 e. The summed E-state index contributed by atoms with van der Waals surface area (Å²) in [5.74, 6) is 1.34. The highest BCUT2D eigenvalue weighted by atomic mass is 32.2. The molecule has 1 saturated heterocycles. The lowest BCUT2D eigenvalue weighted by molar-refractivity contribution is -0.135. The van der Waals surface area contributed by atoms with Crippen LogP contribution in [0.4, 0.5) is 0 Å². The monoisotopic (exact) mass is 368 g/mol. The van der Waals surface area contributed by atoms with Crippen LogP contribution in [0, 0.1) is 0 Å². The van der Waals surface area contributed by atoms with Crippen LogP contribution in [-0.4, -0.2) is 44.6 Å². The highest BCUT2D eigenvalue weighted by molar-refractivity contribution is 7.99. The summed E-state index contributed by atoms with van der Waals surface area (Å²) in [6, 6.07) is -0.416. The average molecular weight is 369 g/mol. The molecule has 24 heavy (non-hydrogen) atoms. The van der Waals surface area contributed by atoms with E-state index in [4.69, 9.17) is 0 Å². The molecular weight excluding hydrogens is 344 g/mol. The van der Waals surface area contributed by atoms with Gasteiger partial charge in [-0.2, -0.15) is 0 Å². The molecule has 0 bridgehead atoms. The predicted molar refractivity (Wildman–Crippen MR) is 97.9 cm³/mol. The molecule has 0 radical (unpaired) electrons. The third-order valence-corrected chi connectivity index (χ3v) is 5.92. The van der Waals surface area contributed by atoms with Crippen molar-refractivity contribution >= 4 is 34.9 Å². The fourth-order valence-corrected chi connectivity index (χ4v) is 4.27. The molecule has 1 aliphatic heterocycles. The molecule has 1 aromatic rings. The first-order valence-electron chi connectivity index (χ1n) is 8.09. The Morgan fingerprint density at radius 3 is 2.79 bits per heavy atom. The minimum atomic E-state index is -0.416. The summed E-state index contributed by atoms with van der Waals surface area (Å²) in [5.41, 5.74) is 0.698. The van der Waals surface area contributed by atoms with Gasteiger partial charge in [-0.3, -0.25) is 9.59 Å². The quantitative estimate of drug-likeness (QED) is 0.781. The van der Waals surface area contributed by atoms with E-state index in [2.05, 4.69) is 29.4 Å². The van der Waals surface area contributed by atoms with Gasteiger partial charge in [0.05, 0.1) is 12.4 Å². The van der Waals surface area contributed by atoms with Gasteiger partial charge in [-0.25, -0.2) is 0 Å². The van der Waals surface area contributed by atoms with Crippen LogP contribution in [0.2, 0.25) is 0 Å². The lowest BCUT2D eigenvalue weighted by atomic mass is 10.2. The van der Waals surface area contributed by atoms with Crippen molar-refractivity contribution in [1.29, 1.82) is 0 Å². The van der Waals surface area contributed by atoms with Crippen molar-refractivity contribution < 1.29 is 9.59 Å². The first-order valence-corrected chi connectivity index (χ1v) is 10.1. The van der Waals surface area contributed by atoms with Gasteiger partial charge in [-0.05, 0) is 13.3 Å². The molecule has 1 aromatic heterocycles. The summed E-state index contributed by atoms with van der Waals surface area (Å²) in [6.07, 6.45) is 2.71. The largest absolute Gasteiger partial charge is 0.348 e. The first kappa shape index (κ1) is 18.9. The molecule has 1 fully saturated rings. The summed E-state index contributed by atoms with van der Waals surface area (Å²) < 4.78 is 0. The average Bonchev–Trinajstić information content (AvgIpc) is 3.21. The highest BCUT2D eigenvalue weighted by Crippen LogP contribution is 2.23. The number of nitrogens with one attached hydrogen (secondary N) is 1. The minimum Gasteiger partial charge on any atom is -0.348 e. The Bertz CT molecular complexity index is 627. The number of rotatable bonds is 6. The number of allylic oxidation sites excluding steroid dienone is 1. The number of hydrogen-bond acceptors (Lipinski definition) is 6. The van der Waals surface area contributed by atoms with E-state index in [1.165, 1.54) is 11.3 Å². The van der Waals surface area contributed by atoms with E-state index in [1.807, 2.05) is 13.0 Å². The van der Waals surface area contributed by atoms with Crippen LogP contribution in [0.25, 0.3) is 0 Å². The molecule has 0 aromatic carbocycles. The second-order valence-corrected chi connectivity index (χ2v) is 8.09. The number of amides is 2. The number of hydrogen-bond donors (Lipinski definition) is 1. The van der Waals surface area contributed by atoms with Crippen LogP contribution >= 0.6 is 23.1 Å². The van der Waals surface area contributed by atoms with E-state index in [0.29, 0.717) is 29.7 Å². The van der Waals surface area contributed by atoms with Gasteiger partial charge in [0.15, 0.2) is 0 Å². The fraction of sp³-hybridized carbons (Fsp3) is 0.625. The van der Waals surface area contributed by atoms with Crippen molar-refractivity contribution in [1.82, 2.24) is 20.4 Å². The van der Waals surface area contributed by atoms with Gasteiger partial charge in [-0.15, -0.1) is 22.0 Å². The van der Waals surface area contributed by atoms with Gasteiger partial charge >= 0.3 is 0 Å². The molecule has 6 nitrogen and oxygen atoms in total. The Hall–Kier alpha value is -1.41. The van der Waals surface area contributed by atoms with Gasteiger partial charge in [0.1, 0.15) is 16.1 Å². The molecule has 8 heteroatoms. The van der Waals surface area contributed by atoms with Crippen molar-refractivity contribution in [2.45, 2.75) is 52.6 Å². The van der Waals surface area contributed by atoms with Crippen LogP contribution in [0.5, 0.6) is 0 Å². The second kappa shape index (κ2) is 8.62. The molecule has 1 aliphatic rings. The molecule has 0 saturated carbocycles. The van der Waals surface area contributed by atoms with Crippen molar-refractivity contribution in [2.75, 3.05) is 11.6 Å². The summed E-state index contributed by atoms with van der Waals surface area (Å²) in [6.45, 7) is 8.28. The van der Waals surface area contributed by atoms with E-state index >= 15 is 0 Å². The van der Waals surface area contributed by atoms with E-state index in [9.17, 15) is 9.59 Å². The van der Waals surface area contributed by atoms with Crippen LogP contribution in [-0.2, 0) is 16.1 Å². The minimum absolute atomic E-state index is 0.0555. The lowest BCUT2D eigenvalue weighted by Crippen LogP contribution is -2.47. The first-order chi connectivity index (χ1) is 11.4. The van der Waals surface area contributed by atoms with Gasteiger partial charge < -0.3 is 10.2 Å². The second-order valence-electron chi connectivity index (χ2n) is 5.99. The molecule has 2 amide bonds. The number of carbonyl (C=O) groups is 2. The van der Waals surface area contributed by atoms with E-state index in [1.54, 1.807) is 23.6 Å². The van der Waals surface area contributed by atoms with E-state index in [0.717, 1.165) is 16.4 Å². The maximum atomic E-state index is 12.5. The number of nitrogens with zero attached hydrogens (tertiary/aromatic N) is 3. The summed E-state index contributed by atoms with van der Waals surface area (Å²) in [4.78, 5) is 26.6. The Labute approximate surface area is 151 Å². The zero-order valence-electron chi connectivity index (χ0n) is 14.5. The Morgan fingerprint density at radius 1 is 1.42 bits per heavy atom. The van der Waals surface area contributed by atoms with E-state index in [-0.39, 0.29) is 11.8 Å². The highest BCUT2D eigenvalue weighted by Gasteiger charge is 2.34. The molecular formula is C16H24N4O2S2. The van der Waals surface area contributed by atoms with Crippen LogP contribution in [0.3, 0.4) is 0 Å². The Balaban J connectivity index is 1.95.